The fraction of sp³-hybridized carbons (Fsp3) is 0.500. The Kier molecular flexibility index (Phi) is 7.11. The molecule has 1 atom stereocenters. The Morgan fingerprint density at radius 3 is 2.59 bits per heavy atom. The van der Waals surface area contributed by atoms with E-state index in [1.165, 1.54) is 0 Å². The fourth-order valence-electron chi connectivity index (χ4n) is 1.30. The van der Waals surface area contributed by atoms with Crippen LogP contribution < -0.4 is 10.1 Å². The standard InChI is InChI=1S/C12H17Br2NO2/c1-2-6-15-7-9(16)8-17-12-10(13)4-3-5-11(12)14/h3-5,9,15-16H,2,6-8H2,1H3. The summed E-state index contributed by atoms with van der Waals surface area (Å²) in [6, 6.07) is 5.73. The minimum atomic E-state index is -0.499. The van der Waals surface area contributed by atoms with E-state index in [9.17, 15) is 5.11 Å². The number of rotatable bonds is 7. The van der Waals surface area contributed by atoms with Crippen molar-refractivity contribution < 1.29 is 9.84 Å². The molecule has 0 radical (unpaired) electrons. The third-order valence-electron chi connectivity index (χ3n) is 2.15. The highest BCUT2D eigenvalue weighted by Gasteiger charge is 2.09. The Bertz CT molecular complexity index is 327. The number of hydrogen-bond donors (Lipinski definition) is 2. The minimum Gasteiger partial charge on any atom is -0.488 e. The van der Waals surface area contributed by atoms with Gasteiger partial charge in [-0.1, -0.05) is 13.0 Å². The quantitative estimate of drug-likeness (QED) is 0.729. The van der Waals surface area contributed by atoms with Crippen molar-refractivity contribution in [3.05, 3.63) is 27.1 Å². The number of hydrogen-bond acceptors (Lipinski definition) is 3. The number of para-hydroxylation sites is 1. The van der Waals surface area contributed by atoms with Gasteiger partial charge in [-0.15, -0.1) is 0 Å². The van der Waals surface area contributed by atoms with Gasteiger partial charge in [0.25, 0.3) is 0 Å². The largest absolute Gasteiger partial charge is 0.488 e. The predicted octanol–water partition coefficient (Wildman–Crippen LogP) is 2.95. The first kappa shape index (κ1) is 15.0. The highest BCUT2D eigenvalue weighted by Crippen LogP contribution is 2.32. The maximum absolute atomic E-state index is 9.70. The van der Waals surface area contributed by atoms with Crippen molar-refractivity contribution in [2.45, 2.75) is 19.4 Å². The molecule has 0 aliphatic carbocycles. The molecular formula is C12H17Br2NO2. The van der Waals surface area contributed by atoms with Crippen molar-refractivity contribution >= 4 is 31.9 Å². The molecule has 0 saturated heterocycles. The Morgan fingerprint density at radius 2 is 2.00 bits per heavy atom. The van der Waals surface area contributed by atoms with Crippen molar-refractivity contribution in [2.75, 3.05) is 19.7 Å². The van der Waals surface area contributed by atoms with Crippen molar-refractivity contribution in [3.8, 4) is 5.75 Å². The molecule has 0 fully saturated rings. The van der Waals surface area contributed by atoms with Crippen LogP contribution in [0.15, 0.2) is 27.1 Å². The summed E-state index contributed by atoms with van der Waals surface area (Å²) in [5, 5.41) is 12.8. The summed E-state index contributed by atoms with van der Waals surface area (Å²) < 4.78 is 7.33. The zero-order valence-corrected chi connectivity index (χ0v) is 12.9. The van der Waals surface area contributed by atoms with Crippen LogP contribution in [0.5, 0.6) is 5.75 Å². The molecule has 0 heterocycles. The van der Waals surface area contributed by atoms with Crippen LogP contribution in [0.1, 0.15) is 13.3 Å². The van der Waals surface area contributed by atoms with E-state index in [4.69, 9.17) is 4.74 Å². The number of halogens is 2. The molecule has 0 bridgehead atoms. The number of benzene rings is 1. The van der Waals surface area contributed by atoms with Gasteiger partial charge >= 0.3 is 0 Å². The van der Waals surface area contributed by atoms with Crippen LogP contribution in [0.4, 0.5) is 0 Å². The molecule has 1 aromatic rings. The van der Waals surface area contributed by atoms with Crippen LogP contribution in [0.3, 0.4) is 0 Å². The van der Waals surface area contributed by atoms with Crippen LogP contribution in [-0.2, 0) is 0 Å². The van der Waals surface area contributed by atoms with Crippen LogP contribution in [0.25, 0.3) is 0 Å². The average Bonchev–Trinajstić information content (AvgIpc) is 2.29. The molecule has 1 aromatic carbocycles. The molecule has 0 saturated carbocycles. The number of nitrogens with one attached hydrogen (secondary N) is 1. The summed E-state index contributed by atoms with van der Waals surface area (Å²) in [4.78, 5) is 0. The van der Waals surface area contributed by atoms with Gasteiger partial charge in [0, 0.05) is 6.54 Å². The maximum atomic E-state index is 9.70. The van der Waals surface area contributed by atoms with Crippen molar-refractivity contribution in [1.82, 2.24) is 5.32 Å². The fourth-order valence-corrected chi connectivity index (χ4v) is 2.53. The molecule has 5 heteroatoms. The van der Waals surface area contributed by atoms with E-state index in [2.05, 4.69) is 44.1 Å². The summed E-state index contributed by atoms with van der Waals surface area (Å²) in [6.07, 6.45) is 0.559. The molecule has 0 aromatic heterocycles. The second kappa shape index (κ2) is 8.08. The van der Waals surface area contributed by atoms with Gasteiger partial charge in [-0.25, -0.2) is 0 Å². The lowest BCUT2D eigenvalue weighted by Crippen LogP contribution is -2.31. The molecule has 0 spiro atoms. The Morgan fingerprint density at radius 1 is 1.35 bits per heavy atom. The van der Waals surface area contributed by atoms with Gasteiger partial charge in [0.2, 0.25) is 0 Å². The summed E-state index contributed by atoms with van der Waals surface area (Å²) in [5.74, 6) is 0.724. The van der Waals surface area contributed by atoms with Crippen LogP contribution >= 0.6 is 31.9 Å². The van der Waals surface area contributed by atoms with Gasteiger partial charge in [0.1, 0.15) is 18.5 Å². The van der Waals surface area contributed by atoms with E-state index in [-0.39, 0.29) is 6.61 Å². The van der Waals surface area contributed by atoms with Crippen LogP contribution in [0, 0.1) is 0 Å². The first-order valence-corrected chi connectivity index (χ1v) is 7.19. The Balaban J connectivity index is 2.39. The third kappa shape index (κ3) is 5.38. The smallest absolute Gasteiger partial charge is 0.147 e. The van der Waals surface area contributed by atoms with Crippen molar-refractivity contribution in [3.63, 3.8) is 0 Å². The minimum absolute atomic E-state index is 0.276. The number of aliphatic hydroxyl groups is 1. The second-order valence-electron chi connectivity index (χ2n) is 3.72. The van der Waals surface area contributed by atoms with E-state index in [0.29, 0.717) is 6.54 Å². The summed E-state index contributed by atoms with van der Waals surface area (Å²) in [5.41, 5.74) is 0. The molecule has 3 nitrogen and oxygen atoms in total. The van der Waals surface area contributed by atoms with E-state index < -0.39 is 6.10 Å². The predicted molar refractivity (Wildman–Crippen MR) is 76.5 cm³/mol. The van der Waals surface area contributed by atoms with Crippen LogP contribution in [0.2, 0.25) is 0 Å². The second-order valence-corrected chi connectivity index (χ2v) is 5.43. The van der Waals surface area contributed by atoms with E-state index in [1.807, 2.05) is 18.2 Å². The zero-order chi connectivity index (χ0) is 12.7. The highest BCUT2D eigenvalue weighted by molar-refractivity contribution is 9.11. The first-order chi connectivity index (χ1) is 8.15. The Hall–Kier alpha value is -0.100. The van der Waals surface area contributed by atoms with Gasteiger partial charge in [0.05, 0.1) is 8.95 Å². The van der Waals surface area contributed by atoms with E-state index in [1.54, 1.807) is 0 Å². The highest BCUT2D eigenvalue weighted by atomic mass is 79.9. The zero-order valence-electron chi connectivity index (χ0n) is 9.75. The van der Waals surface area contributed by atoms with Gasteiger partial charge in [-0.2, -0.15) is 0 Å². The molecule has 96 valence electrons. The van der Waals surface area contributed by atoms with Gasteiger partial charge in [-0.05, 0) is 57.0 Å². The maximum Gasteiger partial charge on any atom is 0.147 e. The molecule has 2 N–H and O–H groups in total. The molecule has 0 aliphatic rings. The third-order valence-corrected chi connectivity index (χ3v) is 3.39. The summed E-state index contributed by atoms with van der Waals surface area (Å²) >= 11 is 6.82. The van der Waals surface area contributed by atoms with E-state index >= 15 is 0 Å². The van der Waals surface area contributed by atoms with Crippen molar-refractivity contribution in [2.24, 2.45) is 0 Å². The Labute approximate surface area is 119 Å². The summed E-state index contributed by atoms with van der Waals surface area (Å²) in [7, 11) is 0. The topological polar surface area (TPSA) is 41.5 Å². The van der Waals surface area contributed by atoms with E-state index in [0.717, 1.165) is 27.7 Å². The molecular weight excluding hydrogens is 350 g/mol. The number of ether oxygens (including phenoxy) is 1. The molecule has 1 rings (SSSR count). The van der Waals surface area contributed by atoms with Gasteiger partial charge < -0.3 is 15.2 Å². The monoisotopic (exact) mass is 365 g/mol. The normalized spacial score (nSPS) is 12.5. The molecule has 17 heavy (non-hydrogen) atoms. The molecule has 0 amide bonds. The number of aliphatic hydroxyl groups excluding tert-OH is 1. The van der Waals surface area contributed by atoms with Crippen molar-refractivity contribution in [1.29, 1.82) is 0 Å². The summed E-state index contributed by atoms with van der Waals surface area (Å²) in [6.45, 7) is 3.83. The van der Waals surface area contributed by atoms with Gasteiger partial charge in [0.15, 0.2) is 0 Å². The lowest BCUT2D eigenvalue weighted by molar-refractivity contribution is 0.106. The van der Waals surface area contributed by atoms with Gasteiger partial charge in [-0.3, -0.25) is 0 Å². The lowest BCUT2D eigenvalue weighted by atomic mass is 10.3. The lowest BCUT2D eigenvalue weighted by Gasteiger charge is -2.14. The SMILES string of the molecule is CCCNCC(O)COc1c(Br)cccc1Br. The first-order valence-electron chi connectivity index (χ1n) is 5.60. The average molecular weight is 367 g/mol. The molecule has 1 unspecified atom stereocenters. The molecule has 0 aliphatic heterocycles. The van der Waals surface area contributed by atoms with Crippen LogP contribution in [-0.4, -0.2) is 30.9 Å².